The number of carbonyl (C=O) groups is 1. The van der Waals surface area contributed by atoms with Crippen LogP contribution in [0.25, 0.3) is 0 Å². The molecule has 0 unspecified atom stereocenters. The van der Waals surface area contributed by atoms with E-state index in [1.54, 1.807) is 17.4 Å². The van der Waals surface area contributed by atoms with Gasteiger partial charge in [-0.05, 0) is 35.7 Å². The summed E-state index contributed by atoms with van der Waals surface area (Å²) < 4.78 is 14.9. The minimum Gasteiger partial charge on any atom is -0.325 e. The van der Waals surface area contributed by atoms with E-state index in [1.807, 2.05) is 16.0 Å². The van der Waals surface area contributed by atoms with Gasteiger partial charge in [0.2, 0.25) is 5.91 Å². The molecule has 0 atom stereocenters. The highest BCUT2D eigenvalue weighted by molar-refractivity contribution is 7.99. The number of carbonyl (C=O) groups excluding carboxylic acids is 1. The second-order valence-corrected chi connectivity index (χ2v) is 7.37. The van der Waals surface area contributed by atoms with E-state index in [-0.39, 0.29) is 17.5 Å². The lowest BCUT2D eigenvalue weighted by atomic mass is 10.3. The SMILES string of the molecule is C=CCn1c(Cc2cccs2)nnc1SCC(=O)Nc1ccc(F)cc1. The van der Waals surface area contributed by atoms with Crippen molar-refractivity contribution in [2.24, 2.45) is 0 Å². The number of benzene rings is 1. The lowest BCUT2D eigenvalue weighted by Crippen LogP contribution is -2.14. The van der Waals surface area contributed by atoms with Crippen molar-refractivity contribution in [2.75, 3.05) is 11.1 Å². The van der Waals surface area contributed by atoms with Gasteiger partial charge in [0.15, 0.2) is 5.16 Å². The Morgan fingerprint density at radius 1 is 1.31 bits per heavy atom. The number of aromatic nitrogens is 3. The van der Waals surface area contributed by atoms with Crippen LogP contribution in [0.3, 0.4) is 0 Å². The highest BCUT2D eigenvalue weighted by atomic mass is 32.2. The van der Waals surface area contributed by atoms with Crippen LogP contribution in [0.1, 0.15) is 10.7 Å². The lowest BCUT2D eigenvalue weighted by molar-refractivity contribution is -0.113. The van der Waals surface area contributed by atoms with Gasteiger partial charge in [0.25, 0.3) is 0 Å². The number of thiophene rings is 1. The number of hydrogen-bond acceptors (Lipinski definition) is 5. The predicted octanol–water partition coefficient (Wildman–Crippen LogP) is 3.99. The van der Waals surface area contributed by atoms with Crippen LogP contribution >= 0.6 is 23.1 Å². The van der Waals surface area contributed by atoms with E-state index in [4.69, 9.17) is 0 Å². The maximum atomic E-state index is 12.9. The molecule has 1 amide bonds. The number of allylic oxidation sites excluding steroid dienone is 1. The van der Waals surface area contributed by atoms with E-state index in [0.29, 0.717) is 23.8 Å². The van der Waals surface area contributed by atoms with Crippen molar-refractivity contribution in [3.63, 3.8) is 0 Å². The van der Waals surface area contributed by atoms with Crippen molar-refractivity contribution < 1.29 is 9.18 Å². The first-order valence-electron chi connectivity index (χ1n) is 7.89. The maximum absolute atomic E-state index is 12.9. The van der Waals surface area contributed by atoms with Gasteiger partial charge < -0.3 is 9.88 Å². The zero-order chi connectivity index (χ0) is 18.4. The molecule has 0 saturated carbocycles. The molecule has 0 aliphatic heterocycles. The van der Waals surface area contributed by atoms with E-state index in [2.05, 4.69) is 28.2 Å². The number of nitrogens with zero attached hydrogens (tertiary/aromatic N) is 3. The molecule has 2 aromatic heterocycles. The van der Waals surface area contributed by atoms with Crippen LogP contribution in [0.2, 0.25) is 0 Å². The van der Waals surface area contributed by atoms with Gasteiger partial charge in [-0.3, -0.25) is 4.79 Å². The van der Waals surface area contributed by atoms with Gasteiger partial charge in [-0.25, -0.2) is 4.39 Å². The maximum Gasteiger partial charge on any atom is 0.234 e. The number of anilines is 1. The van der Waals surface area contributed by atoms with Crippen LogP contribution in [0.4, 0.5) is 10.1 Å². The molecule has 3 aromatic rings. The first kappa shape index (κ1) is 18.3. The molecule has 26 heavy (non-hydrogen) atoms. The van der Waals surface area contributed by atoms with Crippen molar-refractivity contribution >= 4 is 34.7 Å². The van der Waals surface area contributed by atoms with Crippen LogP contribution < -0.4 is 5.32 Å². The van der Waals surface area contributed by atoms with E-state index < -0.39 is 0 Å². The molecule has 5 nitrogen and oxygen atoms in total. The summed E-state index contributed by atoms with van der Waals surface area (Å²) in [5, 5.41) is 13.9. The van der Waals surface area contributed by atoms with Gasteiger partial charge in [0.05, 0.1) is 5.75 Å². The van der Waals surface area contributed by atoms with Crippen molar-refractivity contribution in [3.8, 4) is 0 Å². The molecule has 8 heteroatoms. The van der Waals surface area contributed by atoms with Crippen LogP contribution in [0.5, 0.6) is 0 Å². The Kier molecular flexibility index (Phi) is 6.19. The second kappa shape index (κ2) is 8.77. The molecule has 0 aliphatic carbocycles. The number of rotatable bonds is 8. The van der Waals surface area contributed by atoms with Crippen molar-refractivity contribution in [1.82, 2.24) is 14.8 Å². The van der Waals surface area contributed by atoms with Crippen LogP contribution in [-0.4, -0.2) is 26.4 Å². The highest BCUT2D eigenvalue weighted by Gasteiger charge is 2.14. The van der Waals surface area contributed by atoms with Gasteiger partial charge >= 0.3 is 0 Å². The monoisotopic (exact) mass is 388 g/mol. The summed E-state index contributed by atoms with van der Waals surface area (Å²) in [4.78, 5) is 13.3. The van der Waals surface area contributed by atoms with Gasteiger partial charge in [-0.15, -0.1) is 28.1 Å². The predicted molar refractivity (Wildman–Crippen MR) is 103 cm³/mol. The molecule has 0 radical (unpaired) electrons. The fourth-order valence-corrected chi connectivity index (χ4v) is 3.77. The molecule has 1 N–H and O–H groups in total. The van der Waals surface area contributed by atoms with Crippen LogP contribution in [0, 0.1) is 5.82 Å². The van der Waals surface area contributed by atoms with Gasteiger partial charge in [0, 0.05) is 23.5 Å². The zero-order valence-electron chi connectivity index (χ0n) is 13.9. The quantitative estimate of drug-likeness (QED) is 0.468. The molecule has 0 fully saturated rings. The largest absolute Gasteiger partial charge is 0.325 e. The first-order chi connectivity index (χ1) is 12.7. The lowest BCUT2D eigenvalue weighted by Gasteiger charge is -2.08. The Hall–Kier alpha value is -2.45. The zero-order valence-corrected chi connectivity index (χ0v) is 15.5. The molecule has 0 saturated heterocycles. The molecule has 0 aliphatic rings. The minimum atomic E-state index is -0.340. The van der Waals surface area contributed by atoms with Crippen molar-refractivity contribution in [3.05, 3.63) is 71.0 Å². The van der Waals surface area contributed by atoms with Gasteiger partial charge in [-0.2, -0.15) is 0 Å². The average molecular weight is 388 g/mol. The minimum absolute atomic E-state index is 0.186. The Morgan fingerprint density at radius 3 is 2.81 bits per heavy atom. The van der Waals surface area contributed by atoms with E-state index in [0.717, 1.165) is 5.82 Å². The summed E-state index contributed by atoms with van der Waals surface area (Å²) in [7, 11) is 0. The average Bonchev–Trinajstić information content (AvgIpc) is 3.27. The Bertz CT molecular complexity index is 875. The summed E-state index contributed by atoms with van der Waals surface area (Å²) in [5.74, 6) is 0.502. The summed E-state index contributed by atoms with van der Waals surface area (Å²) in [5.41, 5.74) is 0.558. The Balaban J connectivity index is 1.63. The number of nitrogens with one attached hydrogen (secondary N) is 1. The molecular formula is C18H17FN4OS2. The molecule has 0 spiro atoms. The van der Waals surface area contributed by atoms with Crippen molar-refractivity contribution in [2.45, 2.75) is 18.1 Å². The number of halogens is 1. The van der Waals surface area contributed by atoms with Crippen LogP contribution in [-0.2, 0) is 17.8 Å². The molecular weight excluding hydrogens is 371 g/mol. The van der Waals surface area contributed by atoms with Gasteiger partial charge in [0.1, 0.15) is 11.6 Å². The van der Waals surface area contributed by atoms with E-state index in [9.17, 15) is 9.18 Å². The molecule has 1 aromatic carbocycles. The third kappa shape index (κ3) is 4.80. The van der Waals surface area contributed by atoms with E-state index >= 15 is 0 Å². The smallest absolute Gasteiger partial charge is 0.234 e. The normalized spacial score (nSPS) is 10.7. The molecule has 3 rings (SSSR count). The van der Waals surface area contributed by atoms with Gasteiger partial charge in [-0.1, -0.05) is 23.9 Å². The fourth-order valence-electron chi connectivity index (χ4n) is 2.30. The summed E-state index contributed by atoms with van der Waals surface area (Å²) >= 11 is 2.98. The number of amides is 1. The first-order valence-corrected chi connectivity index (χ1v) is 9.76. The van der Waals surface area contributed by atoms with Crippen molar-refractivity contribution in [1.29, 1.82) is 0 Å². The summed E-state index contributed by atoms with van der Waals surface area (Å²) in [6.45, 7) is 4.36. The fraction of sp³-hybridized carbons (Fsp3) is 0.167. The number of thioether (sulfide) groups is 1. The topological polar surface area (TPSA) is 59.8 Å². The molecule has 0 bridgehead atoms. The van der Waals surface area contributed by atoms with E-state index in [1.165, 1.54) is 40.9 Å². The highest BCUT2D eigenvalue weighted by Crippen LogP contribution is 2.21. The Labute approximate surface area is 159 Å². The standard InChI is InChI=1S/C18H17FN4OS2/c1-2-9-23-16(11-15-4-3-10-25-15)21-22-18(23)26-12-17(24)20-14-7-5-13(19)6-8-14/h2-8,10H,1,9,11-12H2,(H,20,24). The summed E-state index contributed by atoms with van der Waals surface area (Å²) in [6, 6.07) is 9.72. The molecule has 2 heterocycles. The second-order valence-electron chi connectivity index (χ2n) is 5.40. The van der Waals surface area contributed by atoms with Crippen LogP contribution in [0.15, 0.2) is 59.6 Å². The Morgan fingerprint density at radius 2 is 2.12 bits per heavy atom. The third-order valence-corrected chi connectivity index (χ3v) is 5.32. The molecule has 134 valence electrons. The third-order valence-electron chi connectivity index (χ3n) is 3.48. The number of hydrogen-bond donors (Lipinski definition) is 1. The summed E-state index contributed by atoms with van der Waals surface area (Å²) in [6.07, 6.45) is 2.48.